The van der Waals surface area contributed by atoms with Crippen LogP contribution >= 0.6 is 11.8 Å². The van der Waals surface area contributed by atoms with E-state index in [1.807, 2.05) is 20.1 Å². The SMILES string of the molecule is CSCC[C@H](NC(=O)[C@@H]1CCCN1C(=O)[C@H](CC(C)C)NC(=O)[C@@H](NC(=O)[C@@H]1CCCN1C(=O)[C@H](CCCN=C(N)N)NC(=O)[C@@H](N)C(C)C)[C@@H](C)O)C(=O)O. The molecule has 2 heterocycles. The summed E-state index contributed by atoms with van der Waals surface area (Å²) in [6.45, 7) is 9.13. The zero-order valence-corrected chi connectivity index (χ0v) is 34.3. The van der Waals surface area contributed by atoms with Gasteiger partial charge in [0.1, 0.15) is 36.3 Å². The monoisotopic (exact) mass is 812 g/mol. The molecule has 0 aromatic rings. The van der Waals surface area contributed by atoms with Crippen molar-refractivity contribution in [1.82, 2.24) is 31.1 Å². The van der Waals surface area contributed by atoms with Crippen LogP contribution in [0.3, 0.4) is 0 Å². The number of aliphatic carboxylic acids is 1. The molecule has 0 radical (unpaired) electrons. The number of carbonyl (C=O) groups is 7. The summed E-state index contributed by atoms with van der Waals surface area (Å²) in [7, 11) is 0. The Morgan fingerprint density at radius 3 is 1.80 bits per heavy atom. The van der Waals surface area contributed by atoms with Gasteiger partial charge in [0.05, 0.1) is 12.1 Å². The molecule has 0 saturated carbocycles. The van der Waals surface area contributed by atoms with Crippen molar-refractivity contribution < 1.29 is 43.8 Å². The fourth-order valence-corrected chi connectivity index (χ4v) is 7.18. The van der Waals surface area contributed by atoms with Gasteiger partial charge in [-0.2, -0.15) is 11.8 Å². The van der Waals surface area contributed by atoms with Gasteiger partial charge < -0.3 is 58.5 Å². The zero-order valence-electron chi connectivity index (χ0n) is 33.5. The lowest BCUT2D eigenvalue weighted by Gasteiger charge is -2.32. The van der Waals surface area contributed by atoms with Crippen LogP contribution in [0.4, 0.5) is 0 Å². The van der Waals surface area contributed by atoms with Crippen LogP contribution in [0, 0.1) is 11.8 Å². The fraction of sp³-hybridized carbons (Fsp3) is 0.778. The molecular weight excluding hydrogens is 749 g/mol. The summed E-state index contributed by atoms with van der Waals surface area (Å²) in [6.07, 6.45) is 2.77. The van der Waals surface area contributed by atoms with Crippen LogP contribution in [-0.2, 0) is 33.6 Å². The lowest BCUT2D eigenvalue weighted by molar-refractivity contribution is -0.145. The number of hydrogen-bond acceptors (Lipinski definition) is 11. The number of nitrogens with one attached hydrogen (secondary N) is 4. The Labute approximate surface area is 333 Å². The highest BCUT2D eigenvalue weighted by molar-refractivity contribution is 7.98. The first-order valence-corrected chi connectivity index (χ1v) is 20.7. The molecule has 2 saturated heterocycles. The number of aliphatic hydroxyl groups excluding tert-OH is 1. The Bertz CT molecular complexity index is 1410. The van der Waals surface area contributed by atoms with Crippen molar-refractivity contribution in [2.75, 3.05) is 31.6 Å². The van der Waals surface area contributed by atoms with Gasteiger partial charge in [-0.3, -0.25) is 33.8 Å². The van der Waals surface area contributed by atoms with Crippen molar-refractivity contribution in [3.63, 3.8) is 0 Å². The third kappa shape index (κ3) is 14.4. The van der Waals surface area contributed by atoms with E-state index in [1.54, 1.807) is 13.8 Å². The van der Waals surface area contributed by atoms with Crippen molar-refractivity contribution in [3.05, 3.63) is 0 Å². The number of amides is 6. The molecule has 2 rings (SSSR count). The smallest absolute Gasteiger partial charge is 0.326 e. The number of aliphatic imine (C=N–C) groups is 1. The molecule has 0 aliphatic carbocycles. The number of aliphatic hydroxyl groups is 1. The van der Waals surface area contributed by atoms with Crippen molar-refractivity contribution in [2.45, 2.75) is 134 Å². The summed E-state index contributed by atoms with van der Waals surface area (Å²) in [5.74, 6) is -4.86. The molecular formula is C36H64N10O9S. The number of nitrogens with two attached hydrogens (primary N) is 3. The summed E-state index contributed by atoms with van der Waals surface area (Å²) >= 11 is 1.44. The van der Waals surface area contributed by atoms with Crippen molar-refractivity contribution in [3.8, 4) is 0 Å². The highest BCUT2D eigenvalue weighted by Crippen LogP contribution is 2.23. The predicted molar refractivity (Wildman–Crippen MR) is 212 cm³/mol. The molecule has 8 atom stereocenters. The molecule has 6 amide bonds. The number of likely N-dealkylation sites (tertiary alicyclic amines) is 2. The molecule has 56 heavy (non-hydrogen) atoms. The standard InChI is InChI=1S/C36H64N10O9S/c1-19(2)18-24(34(53)46-16-8-11-25(46)29(48)42-23(35(54)55)13-17-56-6)43-32(51)28(21(5)47)44-30(49)26-12-9-15-45(26)33(52)22(10-7-14-40-36(38)39)41-31(50)27(37)20(3)4/h19-28,47H,7-18,37H2,1-6H3,(H,41,50)(H,42,48)(H,43,51)(H,44,49)(H,54,55)(H4,38,39,40)/t21-,22+,23+,24+,25+,26+,27+,28+/m1/s1. The first-order chi connectivity index (χ1) is 26.3. The predicted octanol–water partition coefficient (Wildman–Crippen LogP) is -1.79. The summed E-state index contributed by atoms with van der Waals surface area (Å²) in [5, 5.41) is 30.8. The minimum absolute atomic E-state index is 0.0947. The molecule has 2 aliphatic heterocycles. The first-order valence-electron chi connectivity index (χ1n) is 19.3. The Morgan fingerprint density at radius 1 is 0.786 bits per heavy atom. The Balaban J connectivity index is 2.24. The van der Waals surface area contributed by atoms with Gasteiger partial charge in [0, 0.05) is 19.6 Å². The van der Waals surface area contributed by atoms with Crippen LogP contribution in [0.25, 0.3) is 0 Å². The largest absolute Gasteiger partial charge is 0.480 e. The van der Waals surface area contributed by atoms with E-state index in [0.29, 0.717) is 31.4 Å². The summed E-state index contributed by atoms with van der Waals surface area (Å²) in [4.78, 5) is 100.0. The summed E-state index contributed by atoms with van der Waals surface area (Å²) in [6, 6.07) is -7.68. The van der Waals surface area contributed by atoms with Crippen LogP contribution in [-0.4, -0.2) is 147 Å². The van der Waals surface area contributed by atoms with E-state index in [2.05, 4.69) is 26.3 Å². The molecule has 2 fully saturated rings. The number of carbonyl (C=O) groups excluding carboxylic acids is 6. The number of carboxylic acid groups (broad SMARTS) is 1. The number of carboxylic acids is 1. The van der Waals surface area contributed by atoms with Gasteiger partial charge in [-0.15, -0.1) is 0 Å². The minimum atomic E-state index is -1.52. The molecule has 318 valence electrons. The molecule has 20 heteroatoms. The zero-order chi connectivity index (χ0) is 42.3. The highest BCUT2D eigenvalue weighted by Gasteiger charge is 2.42. The quantitative estimate of drug-likeness (QED) is 0.0332. The topological polar surface area (TPSA) is 305 Å². The molecule has 0 aromatic carbocycles. The first kappa shape index (κ1) is 48.0. The van der Waals surface area contributed by atoms with Gasteiger partial charge in [0.25, 0.3) is 0 Å². The molecule has 0 aromatic heterocycles. The average molecular weight is 813 g/mol. The van der Waals surface area contributed by atoms with Gasteiger partial charge in [0.2, 0.25) is 35.4 Å². The Morgan fingerprint density at radius 2 is 1.32 bits per heavy atom. The van der Waals surface area contributed by atoms with E-state index in [1.165, 1.54) is 28.5 Å². The molecule has 2 aliphatic rings. The van der Waals surface area contributed by atoms with Crippen molar-refractivity contribution in [1.29, 1.82) is 0 Å². The van der Waals surface area contributed by atoms with Crippen LogP contribution in [0.1, 0.15) is 86.0 Å². The van der Waals surface area contributed by atoms with Crippen LogP contribution in [0.5, 0.6) is 0 Å². The van der Waals surface area contributed by atoms with E-state index >= 15 is 0 Å². The van der Waals surface area contributed by atoms with Crippen LogP contribution in [0.15, 0.2) is 4.99 Å². The maximum Gasteiger partial charge on any atom is 0.326 e. The number of nitrogens with zero attached hydrogens (tertiary/aromatic N) is 3. The average Bonchev–Trinajstić information content (AvgIpc) is 3.82. The maximum absolute atomic E-state index is 14.0. The molecule has 12 N–H and O–H groups in total. The second-order valence-corrected chi connectivity index (χ2v) is 16.2. The van der Waals surface area contributed by atoms with Gasteiger partial charge in [-0.05, 0) is 82.1 Å². The van der Waals surface area contributed by atoms with E-state index in [4.69, 9.17) is 17.2 Å². The number of guanidine groups is 1. The third-order valence-corrected chi connectivity index (χ3v) is 10.5. The normalized spacial score (nSPS) is 20.0. The van der Waals surface area contributed by atoms with Crippen molar-refractivity contribution >= 4 is 59.1 Å². The molecule has 0 bridgehead atoms. The van der Waals surface area contributed by atoms with Crippen molar-refractivity contribution in [2.24, 2.45) is 34.0 Å². The summed E-state index contributed by atoms with van der Waals surface area (Å²) in [5.41, 5.74) is 16.9. The van der Waals surface area contributed by atoms with Crippen LogP contribution in [0.2, 0.25) is 0 Å². The van der Waals surface area contributed by atoms with Gasteiger partial charge in [0.15, 0.2) is 5.96 Å². The fourth-order valence-electron chi connectivity index (χ4n) is 6.71. The molecule has 0 unspecified atom stereocenters. The Hall–Kier alpha value is -4.17. The van der Waals surface area contributed by atoms with Gasteiger partial charge in [-0.1, -0.05) is 27.7 Å². The summed E-state index contributed by atoms with van der Waals surface area (Å²) < 4.78 is 0. The van der Waals surface area contributed by atoms with E-state index in [0.717, 1.165) is 0 Å². The van der Waals surface area contributed by atoms with Gasteiger partial charge in [-0.25, -0.2) is 4.79 Å². The second kappa shape index (κ2) is 23.2. The van der Waals surface area contributed by atoms with Gasteiger partial charge >= 0.3 is 5.97 Å². The molecule has 0 spiro atoms. The number of rotatable bonds is 22. The second-order valence-electron chi connectivity index (χ2n) is 15.3. The Kier molecular flexibility index (Phi) is 19.8. The lowest BCUT2D eigenvalue weighted by atomic mass is 10.0. The number of hydrogen-bond donors (Lipinski definition) is 9. The number of thioether (sulfide) groups is 1. The maximum atomic E-state index is 14.0. The molecule has 19 nitrogen and oxygen atoms in total. The van der Waals surface area contributed by atoms with E-state index in [9.17, 15) is 43.8 Å². The highest BCUT2D eigenvalue weighted by atomic mass is 32.2. The van der Waals surface area contributed by atoms with E-state index in [-0.39, 0.29) is 63.1 Å². The van der Waals surface area contributed by atoms with Crippen LogP contribution < -0.4 is 38.5 Å². The lowest BCUT2D eigenvalue weighted by Crippen LogP contribution is -2.61. The third-order valence-electron chi connectivity index (χ3n) is 9.87. The minimum Gasteiger partial charge on any atom is -0.480 e. The van der Waals surface area contributed by atoms with E-state index < -0.39 is 89.8 Å².